The first-order valence-corrected chi connectivity index (χ1v) is 8.71. The lowest BCUT2D eigenvalue weighted by atomic mass is 10.1. The molecule has 8 heteroatoms. The molecule has 24 heavy (non-hydrogen) atoms. The fourth-order valence-electron chi connectivity index (χ4n) is 2.52. The van der Waals surface area contributed by atoms with Crippen molar-refractivity contribution in [3.05, 3.63) is 34.3 Å². The number of aliphatic imine (C=N–C) groups is 1. The van der Waals surface area contributed by atoms with Gasteiger partial charge >= 0.3 is 6.03 Å². The molecule has 1 aliphatic heterocycles. The number of amides is 2. The third-order valence-electron chi connectivity index (χ3n) is 3.82. The van der Waals surface area contributed by atoms with Crippen LogP contribution >= 0.6 is 39.9 Å². The lowest BCUT2D eigenvalue weighted by Crippen LogP contribution is -2.50. The third-order valence-corrected chi connectivity index (χ3v) is 4.35. The number of nitrogens with one attached hydrogen (secondary N) is 2. The highest BCUT2D eigenvalue weighted by atomic mass is 127. The fraction of sp³-hybridized carbons (Fsp3) is 0.500. The van der Waals surface area contributed by atoms with E-state index in [4.69, 9.17) is 5.73 Å². The Kier molecular flexibility index (Phi) is 9.42. The van der Waals surface area contributed by atoms with Gasteiger partial charge in [0.1, 0.15) is 0 Å². The Balaban J connectivity index is 0.00000288. The van der Waals surface area contributed by atoms with Crippen LogP contribution in [0.15, 0.2) is 33.7 Å². The molecule has 0 bridgehead atoms. The maximum absolute atomic E-state index is 11.2. The van der Waals surface area contributed by atoms with E-state index in [2.05, 4.69) is 43.7 Å². The Labute approximate surface area is 168 Å². The molecular formula is C16H25BrIN5O. The Morgan fingerprint density at radius 3 is 2.50 bits per heavy atom. The first-order chi connectivity index (χ1) is 11.1. The number of urea groups is 1. The molecule has 0 radical (unpaired) electrons. The highest BCUT2D eigenvalue weighted by molar-refractivity contribution is 14.0. The van der Waals surface area contributed by atoms with E-state index in [0.29, 0.717) is 25.7 Å². The summed E-state index contributed by atoms with van der Waals surface area (Å²) in [6.45, 7) is 4.87. The van der Waals surface area contributed by atoms with Crippen molar-refractivity contribution in [2.24, 2.45) is 10.7 Å². The van der Waals surface area contributed by atoms with Gasteiger partial charge in [0.2, 0.25) is 0 Å². The number of piperidine rings is 1. The summed E-state index contributed by atoms with van der Waals surface area (Å²) in [7, 11) is 0. The highest BCUT2D eigenvalue weighted by Crippen LogP contribution is 2.12. The van der Waals surface area contributed by atoms with Crippen molar-refractivity contribution in [3.63, 3.8) is 0 Å². The van der Waals surface area contributed by atoms with E-state index in [1.807, 2.05) is 19.1 Å². The molecule has 6 nitrogen and oxygen atoms in total. The number of primary amides is 1. The third kappa shape index (κ3) is 6.84. The average Bonchev–Trinajstić information content (AvgIpc) is 2.55. The number of hydrogen-bond donors (Lipinski definition) is 3. The number of benzene rings is 1. The van der Waals surface area contributed by atoms with Gasteiger partial charge in [-0.3, -0.25) is 0 Å². The molecule has 0 atom stereocenters. The zero-order valence-electron chi connectivity index (χ0n) is 13.8. The molecule has 0 saturated carbocycles. The largest absolute Gasteiger partial charge is 0.357 e. The maximum Gasteiger partial charge on any atom is 0.314 e. The van der Waals surface area contributed by atoms with Crippen LogP contribution in [0.3, 0.4) is 0 Å². The summed E-state index contributed by atoms with van der Waals surface area (Å²) in [6, 6.07) is 8.13. The van der Waals surface area contributed by atoms with Crippen LogP contribution in [-0.4, -0.2) is 42.6 Å². The number of rotatable bonds is 4. The van der Waals surface area contributed by atoms with Gasteiger partial charge in [-0.2, -0.15) is 0 Å². The van der Waals surface area contributed by atoms with Crippen molar-refractivity contribution in [2.75, 3.05) is 19.6 Å². The quantitative estimate of drug-likeness (QED) is 0.331. The van der Waals surface area contributed by atoms with Crippen molar-refractivity contribution < 1.29 is 4.79 Å². The molecule has 0 aliphatic carbocycles. The molecule has 134 valence electrons. The summed E-state index contributed by atoms with van der Waals surface area (Å²) < 4.78 is 1.07. The number of carbonyl (C=O) groups excluding carboxylic acids is 1. The summed E-state index contributed by atoms with van der Waals surface area (Å²) in [5, 5.41) is 6.72. The molecule has 1 saturated heterocycles. The summed E-state index contributed by atoms with van der Waals surface area (Å²) in [5.41, 5.74) is 6.47. The van der Waals surface area contributed by atoms with Gasteiger partial charge in [-0.05, 0) is 37.5 Å². The SMILES string of the molecule is CCNC(=NCc1ccc(Br)cc1)NC1CCN(C(N)=O)CC1.I. The monoisotopic (exact) mass is 509 g/mol. The Hall–Kier alpha value is -1.03. The van der Waals surface area contributed by atoms with Crippen LogP contribution in [-0.2, 0) is 6.54 Å². The van der Waals surface area contributed by atoms with Crippen LogP contribution in [0.5, 0.6) is 0 Å². The van der Waals surface area contributed by atoms with Crippen molar-refractivity contribution in [3.8, 4) is 0 Å². The Bertz CT molecular complexity index is 544. The lowest BCUT2D eigenvalue weighted by Gasteiger charge is -2.32. The van der Waals surface area contributed by atoms with Crippen LogP contribution in [0.1, 0.15) is 25.3 Å². The molecule has 1 aliphatic rings. The van der Waals surface area contributed by atoms with Gasteiger partial charge in [-0.15, -0.1) is 24.0 Å². The first kappa shape index (κ1) is 21.0. The van der Waals surface area contributed by atoms with Crippen molar-refractivity contribution in [1.82, 2.24) is 15.5 Å². The summed E-state index contributed by atoms with van der Waals surface area (Å²) in [6.07, 6.45) is 1.76. The van der Waals surface area contributed by atoms with Crippen molar-refractivity contribution in [2.45, 2.75) is 32.4 Å². The molecular weight excluding hydrogens is 485 g/mol. The predicted molar refractivity (Wildman–Crippen MR) is 112 cm³/mol. The van der Waals surface area contributed by atoms with Crippen LogP contribution in [0.4, 0.5) is 4.79 Å². The Morgan fingerprint density at radius 1 is 1.33 bits per heavy atom. The van der Waals surface area contributed by atoms with E-state index in [0.717, 1.165) is 35.4 Å². The van der Waals surface area contributed by atoms with Crippen LogP contribution in [0.25, 0.3) is 0 Å². The predicted octanol–water partition coefficient (Wildman–Crippen LogP) is 2.67. The number of likely N-dealkylation sites (tertiary alicyclic amines) is 1. The van der Waals surface area contributed by atoms with Crippen LogP contribution in [0.2, 0.25) is 0 Å². The number of hydrogen-bond acceptors (Lipinski definition) is 2. The zero-order chi connectivity index (χ0) is 16.7. The maximum atomic E-state index is 11.2. The number of nitrogens with two attached hydrogens (primary N) is 1. The molecule has 4 N–H and O–H groups in total. The van der Waals surface area contributed by atoms with E-state index in [-0.39, 0.29) is 30.0 Å². The molecule has 2 amide bonds. The van der Waals surface area contributed by atoms with E-state index >= 15 is 0 Å². The number of guanidine groups is 1. The molecule has 1 heterocycles. The van der Waals surface area contributed by atoms with E-state index in [9.17, 15) is 4.79 Å². The van der Waals surface area contributed by atoms with Crippen LogP contribution in [0, 0.1) is 0 Å². The summed E-state index contributed by atoms with van der Waals surface area (Å²) in [5.74, 6) is 0.813. The fourth-order valence-corrected chi connectivity index (χ4v) is 2.78. The van der Waals surface area contributed by atoms with Gasteiger partial charge in [-0.25, -0.2) is 9.79 Å². The van der Waals surface area contributed by atoms with Gasteiger partial charge in [0.05, 0.1) is 6.54 Å². The topological polar surface area (TPSA) is 82.8 Å². The lowest BCUT2D eigenvalue weighted by molar-refractivity contribution is 0.188. The Morgan fingerprint density at radius 2 is 1.96 bits per heavy atom. The van der Waals surface area contributed by atoms with Crippen molar-refractivity contribution >= 4 is 51.9 Å². The van der Waals surface area contributed by atoms with E-state index in [1.54, 1.807) is 4.90 Å². The minimum atomic E-state index is -0.334. The van der Waals surface area contributed by atoms with Gasteiger partial charge in [0.25, 0.3) is 0 Å². The number of nitrogens with zero attached hydrogens (tertiary/aromatic N) is 2. The van der Waals surface area contributed by atoms with Crippen LogP contribution < -0.4 is 16.4 Å². The highest BCUT2D eigenvalue weighted by Gasteiger charge is 2.21. The average molecular weight is 510 g/mol. The number of carbonyl (C=O) groups is 1. The van der Waals surface area contributed by atoms with Gasteiger partial charge in [0, 0.05) is 30.1 Å². The smallest absolute Gasteiger partial charge is 0.314 e. The van der Waals surface area contributed by atoms with Gasteiger partial charge in [-0.1, -0.05) is 28.1 Å². The second-order valence-electron chi connectivity index (χ2n) is 5.57. The minimum Gasteiger partial charge on any atom is -0.357 e. The second kappa shape index (κ2) is 10.8. The summed E-state index contributed by atoms with van der Waals surface area (Å²) >= 11 is 3.43. The number of halogens is 2. The molecule has 0 spiro atoms. The summed E-state index contributed by atoms with van der Waals surface area (Å²) in [4.78, 5) is 17.5. The second-order valence-corrected chi connectivity index (χ2v) is 6.48. The molecule has 0 unspecified atom stereocenters. The van der Waals surface area contributed by atoms with Gasteiger partial charge < -0.3 is 21.3 Å². The van der Waals surface area contributed by atoms with Crippen molar-refractivity contribution in [1.29, 1.82) is 0 Å². The standard InChI is InChI=1S/C16H24BrN5O.HI/c1-2-19-16(20-11-12-3-5-13(17)6-4-12)21-14-7-9-22(10-8-14)15(18)23;/h3-6,14H,2,7-11H2,1H3,(H2,18,23)(H2,19,20,21);1H. The first-order valence-electron chi connectivity index (χ1n) is 7.92. The van der Waals surface area contributed by atoms with E-state index in [1.165, 1.54) is 0 Å². The molecule has 1 aromatic carbocycles. The van der Waals surface area contributed by atoms with Gasteiger partial charge in [0.15, 0.2) is 5.96 Å². The zero-order valence-corrected chi connectivity index (χ0v) is 17.7. The molecule has 1 aromatic rings. The molecule has 2 rings (SSSR count). The molecule has 0 aromatic heterocycles. The minimum absolute atomic E-state index is 0. The molecule has 1 fully saturated rings. The normalized spacial score (nSPS) is 15.6. The van der Waals surface area contributed by atoms with E-state index < -0.39 is 0 Å².